The molecule has 0 aromatic heterocycles. The smallest absolute Gasteiger partial charge is 0.161 e. The van der Waals surface area contributed by atoms with Gasteiger partial charge in [0.15, 0.2) is 5.17 Å². The number of amidine groups is 1. The Morgan fingerprint density at radius 3 is 2.93 bits per heavy atom. The van der Waals surface area contributed by atoms with Gasteiger partial charge in [-0.05, 0) is 34.1 Å². The highest BCUT2D eigenvalue weighted by Gasteiger charge is 2.15. The Hall–Kier alpha value is -0.000000000000000111. The standard InChI is InChI=1S/C10H10Br2N2S/c1-6-5-13-10(15-6)14-9-4-7(11)2-3-8(9)12/h2-4,6H,5H2,1H3,(H,13,14). The zero-order valence-corrected chi connectivity index (χ0v) is 12.1. The number of halogens is 2. The number of benzene rings is 1. The van der Waals surface area contributed by atoms with Crippen LogP contribution in [-0.4, -0.2) is 17.0 Å². The molecule has 2 nitrogen and oxygen atoms in total. The second-order valence-corrected chi connectivity index (χ2v) is 6.52. The van der Waals surface area contributed by atoms with Gasteiger partial charge >= 0.3 is 0 Å². The lowest BCUT2D eigenvalue weighted by molar-refractivity contribution is 0.976. The van der Waals surface area contributed by atoms with Crippen molar-refractivity contribution in [3.8, 4) is 0 Å². The van der Waals surface area contributed by atoms with Crippen molar-refractivity contribution in [1.29, 1.82) is 0 Å². The van der Waals surface area contributed by atoms with Crippen molar-refractivity contribution < 1.29 is 0 Å². The van der Waals surface area contributed by atoms with Crippen LogP contribution in [0.25, 0.3) is 0 Å². The summed E-state index contributed by atoms with van der Waals surface area (Å²) in [5, 5.41) is 4.90. The number of rotatable bonds is 1. The molecule has 1 heterocycles. The average Bonchev–Trinajstić information content (AvgIpc) is 2.58. The highest BCUT2D eigenvalue weighted by atomic mass is 79.9. The molecule has 80 valence electrons. The molecule has 0 fully saturated rings. The van der Waals surface area contributed by atoms with Gasteiger partial charge in [-0.25, -0.2) is 0 Å². The molecule has 1 N–H and O–H groups in total. The van der Waals surface area contributed by atoms with E-state index in [1.807, 2.05) is 18.2 Å². The summed E-state index contributed by atoms with van der Waals surface area (Å²) in [5.74, 6) is 0. The minimum atomic E-state index is 0.582. The molecule has 5 heteroatoms. The van der Waals surface area contributed by atoms with Crippen LogP contribution in [-0.2, 0) is 0 Å². The van der Waals surface area contributed by atoms with Crippen molar-refractivity contribution in [2.75, 3.05) is 11.9 Å². The van der Waals surface area contributed by atoms with E-state index in [2.05, 4.69) is 49.1 Å². The fourth-order valence-corrected chi connectivity index (χ4v) is 2.81. The summed E-state index contributed by atoms with van der Waals surface area (Å²) in [7, 11) is 0. The molecule has 0 bridgehead atoms. The largest absolute Gasteiger partial charge is 0.334 e. The lowest BCUT2D eigenvalue weighted by atomic mass is 10.3. The second kappa shape index (κ2) is 4.89. The number of aliphatic imine (C=N–C) groups is 1. The monoisotopic (exact) mass is 348 g/mol. The predicted octanol–water partition coefficient (Wildman–Crippen LogP) is 4.11. The normalized spacial score (nSPS) is 20.2. The van der Waals surface area contributed by atoms with Crippen molar-refractivity contribution >= 4 is 54.5 Å². The Morgan fingerprint density at radius 1 is 1.47 bits per heavy atom. The summed E-state index contributed by atoms with van der Waals surface area (Å²) in [5.41, 5.74) is 1.05. The molecule has 1 aromatic rings. The Kier molecular flexibility index (Phi) is 3.74. The topological polar surface area (TPSA) is 24.4 Å². The summed E-state index contributed by atoms with van der Waals surface area (Å²) in [6.07, 6.45) is 0. The van der Waals surface area contributed by atoms with Crippen LogP contribution in [0.2, 0.25) is 0 Å². The first kappa shape index (κ1) is 11.5. The number of nitrogens with one attached hydrogen (secondary N) is 1. The lowest BCUT2D eigenvalue weighted by Gasteiger charge is -2.08. The maximum absolute atomic E-state index is 4.42. The van der Waals surface area contributed by atoms with Crippen LogP contribution >= 0.6 is 43.6 Å². The molecule has 1 unspecified atom stereocenters. The zero-order valence-electron chi connectivity index (χ0n) is 8.13. The molecule has 1 aliphatic heterocycles. The van der Waals surface area contributed by atoms with Gasteiger partial charge in [-0.3, -0.25) is 4.99 Å². The maximum atomic E-state index is 4.42. The molecule has 2 rings (SSSR count). The molecule has 15 heavy (non-hydrogen) atoms. The summed E-state index contributed by atoms with van der Waals surface area (Å²) in [4.78, 5) is 4.42. The minimum Gasteiger partial charge on any atom is -0.334 e. The highest BCUT2D eigenvalue weighted by Crippen LogP contribution is 2.29. The van der Waals surface area contributed by atoms with Crippen molar-refractivity contribution in [3.05, 3.63) is 27.1 Å². The van der Waals surface area contributed by atoms with Gasteiger partial charge in [-0.1, -0.05) is 34.6 Å². The van der Waals surface area contributed by atoms with Gasteiger partial charge < -0.3 is 5.32 Å². The highest BCUT2D eigenvalue weighted by molar-refractivity contribution is 9.11. The molecule has 1 atom stereocenters. The molecule has 0 aliphatic carbocycles. The number of anilines is 1. The number of hydrogen-bond donors (Lipinski definition) is 1. The fraction of sp³-hybridized carbons (Fsp3) is 0.300. The first-order chi connectivity index (χ1) is 7.15. The number of hydrogen-bond acceptors (Lipinski definition) is 3. The summed E-state index contributed by atoms with van der Waals surface area (Å²) < 4.78 is 2.11. The first-order valence-corrected chi connectivity index (χ1v) is 7.05. The number of nitrogens with zero attached hydrogens (tertiary/aromatic N) is 1. The molecule has 0 radical (unpaired) electrons. The van der Waals surface area contributed by atoms with Crippen LogP contribution in [0.3, 0.4) is 0 Å². The Labute approximate surface area is 110 Å². The maximum Gasteiger partial charge on any atom is 0.161 e. The van der Waals surface area contributed by atoms with E-state index in [9.17, 15) is 0 Å². The third-order valence-electron chi connectivity index (χ3n) is 1.97. The van der Waals surface area contributed by atoms with E-state index in [1.165, 1.54) is 0 Å². The number of thioether (sulfide) groups is 1. The molecule has 0 saturated heterocycles. The minimum absolute atomic E-state index is 0.582. The van der Waals surface area contributed by atoms with E-state index in [1.54, 1.807) is 11.8 Å². The van der Waals surface area contributed by atoms with Gasteiger partial charge in [0.25, 0.3) is 0 Å². The van der Waals surface area contributed by atoms with Crippen LogP contribution in [0.5, 0.6) is 0 Å². The Morgan fingerprint density at radius 2 is 2.27 bits per heavy atom. The van der Waals surface area contributed by atoms with Gasteiger partial charge in [-0.2, -0.15) is 0 Å². The zero-order chi connectivity index (χ0) is 10.8. The molecule has 0 amide bonds. The van der Waals surface area contributed by atoms with Gasteiger partial charge in [0, 0.05) is 14.2 Å². The van der Waals surface area contributed by atoms with Crippen molar-refractivity contribution in [2.45, 2.75) is 12.2 Å². The van der Waals surface area contributed by atoms with E-state index < -0.39 is 0 Å². The van der Waals surface area contributed by atoms with Crippen molar-refractivity contribution in [1.82, 2.24) is 0 Å². The Balaban J connectivity index is 2.14. The van der Waals surface area contributed by atoms with Gasteiger partial charge in [0.2, 0.25) is 0 Å². The third-order valence-corrected chi connectivity index (χ3v) is 4.17. The van der Waals surface area contributed by atoms with E-state index in [0.29, 0.717) is 5.25 Å². The van der Waals surface area contributed by atoms with Crippen LogP contribution in [0, 0.1) is 0 Å². The molecular formula is C10H10Br2N2S. The fourth-order valence-electron chi connectivity index (χ4n) is 1.25. The second-order valence-electron chi connectivity index (χ2n) is 3.32. The van der Waals surface area contributed by atoms with Gasteiger partial charge in [-0.15, -0.1) is 0 Å². The van der Waals surface area contributed by atoms with E-state index in [4.69, 9.17) is 0 Å². The van der Waals surface area contributed by atoms with Gasteiger partial charge in [0.1, 0.15) is 0 Å². The lowest BCUT2D eigenvalue weighted by Crippen LogP contribution is -2.06. The van der Waals surface area contributed by atoms with Crippen LogP contribution in [0.15, 0.2) is 32.1 Å². The Bertz CT molecular complexity index is 406. The van der Waals surface area contributed by atoms with E-state index >= 15 is 0 Å². The van der Waals surface area contributed by atoms with Crippen LogP contribution in [0.1, 0.15) is 6.92 Å². The summed E-state index contributed by atoms with van der Waals surface area (Å²) in [6.45, 7) is 3.08. The van der Waals surface area contributed by atoms with Crippen LogP contribution < -0.4 is 5.32 Å². The molecule has 0 saturated carbocycles. The SMILES string of the molecule is CC1CN=C(Nc2cc(Br)ccc2Br)S1. The first-order valence-electron chi connectivity index (χ1n) is 4.58. The summed E-state index contributed by atoms with van der Waals surface area (Å²) in [6, 6.07) is 6.05. The quantitative estimate of drug-likeness (QED) is 0.824. The molecule has 1 aromatic carbocycles. The molecular weight excluding hydrogens is 340 g/mol. The average molecular weight is 350 g/mol. The van der Waals surface area contributed by atoms with Gasteiger partial charge in [0.05, 0.1) is 12.2 Å². The molecule has 0 spiro atoms. The van der Waals surface area contributed by atoms with Crippen molar-refractivity contribution in [3.63, 3.8) is 0 Å². The van der Waals surface area contributed by atoms with E-state index in [-0.39, 0.29) is 0 Å². The summed E-state index contributed by atoms with van der Waals surface area (Å²) >= 11 is 8.73. The molecule has 1 aliphatic rings. The predicted molar refractivity (Wildman–Crippen MR) is 74.8 cm³/mol. The third kappa shape index (κ3) is 2.98. The van der Waals surface area contributed by atoms with E-state index in [0.717, 1.165) is 26.3 Å². The van der Waals surface area contributed by atoms with Crippen molar-refractivity contribution in [2.24, 2.45) is 4.99 Å². The van der Waals surface area contributed by atoms with Crippen LogP contribution in [0.4, 0.5) is 5.69 Å².